The number of halogens is 1. The predicted octanol–water partition coefficient (Wildman–Crippen LogP) is 1.49. The zero-order valence-corrected chi connectivity index (χ0v) is 20.2. The third-order valence-corrected chi connectivity index (χ3v) is 6.08. The van der Waals surface area contributed by atoms with E-state index in [9.17, 15) is 32.3 Å². The maximum Gasteiger partial charge on any atom is 0.408 e. The van der Waals surface area contributed by atoms with Crippen LogP contribution in [-0.4, -0.2) is 54.6 Å². The standard InChI is InChI=1S/C23H27FN4O7S/c1-3-13-35-23(32)25-16(2)21(29)26-28(15-18-9-11-19(24)12-10-18)36(33,34)27-20(22(30)31)14-17-7-5-4-6-8-17/h3-12,16,20,27H,1,13-15H2,2H3,(H,25,32)(H,26,29)(H,30,31)/t16-,20+/m0/s1. The summed E-state index contributed by atoms with van der Waals surface area (Å²) in [6.45, 7) is 4.11. The molecule has 0 fully saturated rings. The molecule has 0 saturated heterocycles. The minimum Gasteiger partial charge on any atom is -0.480 e. The van der Waals surface area contributed by atoms with Crippen LogP contribution in [0.3, 0.4) is 0 Å². The van der Waals surface area contributed by atoms with Crippen molar-refractivity contribution in [1.29, 1.82) is 0 Å². The van der Waals surface area contributed by atoms with Gasteiger partial charge in [-0.05, 0) is 36.6 Å². The van der Waals surface area contributed by atoms with Gasteiger partial charge in [-0.1, -0.05) is 59.5 Å². The van der Waals surface area contributed by atoms with Crippen molar-refractivity contribution in [3.63, 3.8) is 0 Å². The Labute approximate surface area is 208 Å². The predicted molar refractivity (Wildman–Crippen MR) is 128 cm³/mol. The number of aliphatic carboxylic acids is 1. The van der Waals surface area contributed by atoms with Gasteiger partial charge in [0.15, 0.2) is 0 Å². The highest BCUT2D eigenvalue weighted by molar-refractivity contribution is 7.87. The van der Waals surface area contributed by atoms with Crippen LogP contribution in [0.2, 0.25) is 0 Å². The third-order valence-electron chi connectivity index (χ3n) is 4.70. The van der Waals surface area contributed by atoms with E-state index < -0.39 is 52.6 Å². The van der Waals surface area contributed by atoms with Gasteiger partial charge in [0.2, 0.25) is 0 Å². The van der Waals surface area contributed by atoms with E-state index in [4.69, 9.17) is 4.74 Å². The SMILES string of the molecule is C=CCOC(=O)N[C@@H](C)C(=O)NN(Cc1ccc(F)cc1)S(=O)(=O)N[C@H](Cc1ccccc1)C(=O)O. The van der Waals surface area contributed by atoms with Crippen LogP contribution in [0.15, 0.2) is 67.3 Å². The Morgan fingerprint density at radius 1 is 1.11 bits per heavy atom. The summed E-state index contributed by atoms with van der Waals surface area (Å²) in [6.07, 6.45) is 0.222. The number of nitrogens with zero attached hydrogens (tertiary/aromatic N) is 1. The number of carbonyl (C=O) groups excluding carboxylic acids is 2. The molecule has 0 spiro atoms. The molecule has 0 aliphatic rings. The Morgan fingerprint density at radius 2 is 1.75 bits per heavy atom. The maximum atomic E-state index is 13.3. The summed E-state index contributed by atoms with van der Waals surface area (Å²) in [5.41, 5.74) is 3.02. The van der Waals surface area contributed by atoms with Crippen molar-refractivity contribution in [2.45, 2.75) is 32.0 Å². The Hall–Kier alpha value is -3.81. The van der Waals surface area contributed by atoms with E-state index in [1.165, 1.54) is 25.1 Å². The zero-order chi connectivity index (χ0) is 26.7. The fourth-order valence-corrected chi connectivity index (χ4v) is 4.05. The summed E-state index contributed by atoms with van der Waals surface area (Å²) in [5.74, 6) is -2.93. The van der Waals surface area contributed by atoms with E-state index in [0.717, 1.165) is 12.1 Å². The second-order valence-corrected chi connectivity index (χ2v) is 9.19. The van der Waals surface area contributed by atoms with Crippen LogP contribution in [0.1, 0.15) is 18.1 Å². The molecular formula is C23H27FN4O7S. The Balaban J connectivity index is 2.24. The van der Waals surface area contributed by atoms with Crippen molar-refractivity contribution in [1.82, 2.24) is 19.9 Å². The first-order chi connectivity index (χ1) is 17.0. The number of nitrogens with one attached hydrogen (secondary N) is 3. The number of carboxylic acids is 1. The molecule has 0 unspecified atom stereocenters. The largest absolute Gasteiger partial charge is 0.480 e. The summed E-state index contributed by atoms with van der Waals surface area (Å²) in [5, 5.41) is 11.8. The minimum absolute atomic E-state index is 0.104. The van der Waals surface area contributed by atoms with Gasteiger partial charge < -0.3 is 15.2 Å². The lowest BCUT2D eigenvalue weighted by molar-refractivity contribution is -0.138. The van der Waals surface area contributed by atoms with Crippen LogP contribution < -0.4 is 15.5 Å². The van der Waals surface area contributed by atoms with E-state index in [1.54, 1.807) is 30.3 Å². The molecule has 0 aliphatic heterocycles. The quantitative estimate of drug-likeness (QED) is 0.230. The molecular weight excluding hydrogens is 495 g/mol. The number of benzene rings is 2. The smallest absolute Gasteiger partial charge is 0.408 e. The lowest BCUT2D eigenvalue weighted by atomic mass is 10.1. The van der Waals surface area contributed by atoms with Gasteiger partial charge in [-0.2, -0.15) is 13.1 Å². The number of amides is 2. The summed E-state index contributed by atoms with van der Waals surface area (Å²) in [7, 11) is -4.65. The number of rotatable bonds is 13. The van der Waals surface area contributed by atoms with E-state index >= 15 is 0 Å². The third kappa shape index (κ3) is 9.09. The number of hydrogen-bond acceptors (Lipinski definition) is 6. The van der Waals surface area contributed by atoms with Crippen molar-refractivity contribution < 1.29 is 37.0 Å². The van der Waals surface area contributed by atoms with Gasteiger partial charge in [0, 0.05) is 0 Å². The fraction of sp³-hybridized carbons (Fsp3) is 0.261. The van der Waals surface area contributed by atoms with Gasteiger partial charge >= 0.3 is 12.1 Å². The van der Waals surface area contributed by atoms with Gasteiger partial charge in [0.25, 0.3) is 16.1 Å². The highest BCUT2D eigenvalue weighted by Gasteiger charge is 2.32. The molecule has 0 bridgehead atoms. The average Bonchev–Trinajstić information content (AvgIpc) is 2.83. The molecule has 0 aliphatic carbocycles. The van der Waals surface area contributed by atoms with Crippen LogP contribution in [0, 0.1) is 5.82 Å². The first-order valence-electron chi connectivity index (χ1n) is 10.7. The molecule has 0 radical (unpaired) electrons. The molecule has 0 saturated carbocycles. The van der Waals surface area contributed by atoms with Crippen molar-refractivity contribution in [2.75, 3.05) is 6.61 Å². The van der Waals surface area contributed by atoms with Gasteiger partial charge in [-0.3, -0.25) is 15.0 Å². The van der Waals surface area contributed by atoms with Crippen molar-refractivity contribution in [3.05, 3.63) is 84.2 Å². The van der Waals surface area contributed by atoms with Crippen molar-refractivity contribution in [2.24, 2.45) is 0 Å². The summed E-state index contributed by atoms with van der Waals surface area (Å²) >= 11 is 0. The van der Waals surface area contributed by atoms with E-state index in [0.29, 0.717) is 15.5 Å². The zero-order valence-electron chi connectivity index (χ0n) is 19.4. The lowest BCUT2D eigenvalue weighted by Gasteiger charge is -2.26. The second-order valence-electron chi connectivity index (χ2n) is 7.57. The molecule has 0 aromatic heterocycles. The number of hydrazine groups is 1. The molecule has 11 nitrogen and oxygen atoms in total. The molecule has 0 heterocycles. The summed E-state index contributed by atoms with van der Waals surface area (Å²) < 4.78 is 46.9. The van der Waals surface area contributed by atoms with Gasteiger partial charge in [0.05, 0.1) is 6.54 Å². The van der Waals surface area contributed by atoms with Crippen LogP contribution in [0.5, 0.6) is 0 Å². The Morgan fingerprint density at radius 3 is 2.33 bits per heavy atom. The van der Waals surface area contributed by atoms with Crippen molar-refractivity contribution in [3.8, 4) is 0 Å². The minimum atomic E-state index is -4.65. The highest BCUT2D eigenvalue weighted by Crippen LogP contribution is 2.11. The van der Waals surface area contributed by atoms with Crippen molar-refractivity contribution >= 4 is 28.2 Å². The number of carbonyl (C=O) groups is 3. The van der Waals surface area contributed by atoms with Crippen LogP contribution in [-0.2, 0) is 37.5 Å². The fourth-order valence-electron chi connectivity index (χ4n) is 2.85. The number of hydrogen-bond donors (Lipinski definition) is 4. The van der Waals surface area contributed by atoms with E-state index in [-0.39, 0.29) is 13.0 Å². The van der Waals surface area contributed by atoms with Gasteiger partial charge in [-0.15, -0.1) is 0 Å². The van der Waals surface area contributed by atoms with Crippen LogP contribution in [0.25, 0.3) is 0 Å². The first-order valence-corrected chi connectivity index (χ1v) is 12.1. The molecule has 194 valence electrons. The Kier molecular flexibility index (Phi) is 10.5. The summed E-state index contributed by atoms with van der Waals surface area (Å²) in [6, 6.07) is 10.4. The summed E-state index contributed by atoms with van der Waals surface area (Å²) in [4.78, 5) is 36.2. The number of carboxylic acid groups (broad SMARTS) is 1. The van der Waals surface area contributed by atoms with E-state index in [2.05, 4.69) is 22.0 Å². The lowest BCUT2D eigenvalue weighted by Crippen LogP contribution is -2.57. The highest BCUT2D eigenvalue weighted by atomic mass is 32.2. The van der Waals surface area contributed by atoms with Gasteiger partial charge in [-0.25, -0.2) is 9.18 Å². The number of ether oxygens (including phenoxy) is 1. The Bertz CT molecular complexity index is 1160. The molecule has 13 heteroatoms. The molecule has 2 rings (SSSR count). The van der Waals surface area contributed by atoms with E-state index in [1.807, 2.05) is 0 Å². The number of alkyl carbamates (subject to hydrolysis) is 1. The normalized spacial score (nSPS) is 12.9. The topological polar surface area (TPSA) is 154 Å². The van der Waals surface area contributed by atoms with Gasteiger partial charge in [0.1, 0.15) is 24.5 Å². The molecule has 4 N–H and O–H groups in total. The molecule has 2 amide bonds. The van der Waals surface area contributed by atoms with Crippen LogP contribution >= 0.6 is 0 Å². The van der Waals surface area contributed by atoms with Crippen LogP contribution in [0.4, 0.5) is 9.18 Å². The molecule has 2 aromatic carbocycles. The second kappa shape index (κ2) is 13.3. The maximum absolute atomic E-state index is 13.3. The molecule has 36 heavy (non-hydrogen) atoms. The monoisotopic (exact) mass is 522 g/mol. The first kappa shape index (κ1) is 28.4. The molecule has 2 aromatic rings. The molecule has 2 atom stereocenters. The average molecular weight is 523 g/mol.